The molecule has 1 aromatic carbocycles. The van der Waals surface area contributed by atoms with Gasteiger partial charge < -0.3 is 4.42 Å². The lowest BCUT2D eigenvalue weighted by atomic mass is 10.0. The van der Waals surface area contributed by atoms with Crippen LogP contribution in [0.2, 0.25) is 0 Å². The molecule has 2 aromatic heterocycles. The third kappa shape index (κ3) is 2.65. The Morgan fingerprint density at radius 2 is 2.04 bits per heavy atom. The molecule has 0 saturated carbocycles. The number of thiophene rings is 1. The Morgan fingerprint density at radius 3 is 2.71 bits per heavy atom. The summed E-state index contributed by atoms with van der Waals surface area (Å²) in [6, 6.07) is 13.2. The summed E-state index contributed by atoms with van der Waals surface area (Å²) in [6.45, 7) is 0. The highest BCUT2D eigenvalue weighted by Crippen LogP contribution is 2.36. The molecule has 0 spiro atoms. The Labute approximate surface area is 141 Å². The number of carbonyl (C=O) groups is 1. The number of rotatable bonds is 3. The zero-order valence-electron chi connectivity index (χ0n) is 12.6. The van der Waals surface area contributed by atoms with Gasteiger partial charge in [0.25, 0.3) is 0 Å². The molecule has 1 aliphatic rings. The van der Waals surface area contributed by atoms with Crippen molar-refractivity contribution < 1.29 is 13.6 Å². The first kappa shape index (κ1) is 14.8. The minimum atomic E-state index is -0.296. The average molecular weight is 340 g/mol. The Hall–Kier alpha value is -2.73. The lowest BCUT2D eigenvalue weighted by Gasteiger charge is -2.19. The first-order chi connectivity index (χ1) is 11.7. The van der Waals surface area contributed by atoms with Gasteiger partial charge in [-0.2, -0.15) is 5.10 Å². The van der Waals surface area contributed by atoms with Gasteiger partial charge in [0.15, 0.2) is 5.76 Å². The molecule has 1 amide bonds. The van der Waals surface area contributed by atoms with Crippen molar-refractivity contribution >= 4 is 23.0 Å². The second-order valence-electron chi connectivity index (χ2n) is 5.42. The van der Waals surface area contributed by atoms with Gasteiger partial charge >= 0.3 is 5.91 Å². The predicted molar refractivity (Wildman–Crippen MR) is 89.5 cm³/mol. The van der Waals surface area contributed by atoms with Crippen molar-refractivity contribution in [3.8, 4) is 0 Å². The van der Waals surface area contributed by atoms with Crippen molar-refractivity contribution in [3.05, 3.63) is 82.2 Å². The molecule has 24 heavy (non-hydrogen) atoms. The van der Waals surface area contributed by atoms with E-state index in [0.717, 1.165) is 16.2 Å². The lowest BCUT2D eigenvalue weighted by Crippen LogP contribution is -2.26. The van der Waals surface area contributed by atoms with E-state index in [-0.39, 0.29) is 23.5 Å². The fourth-order valence-electron chi connectivity index (χ4n) is 2.73. The quantitative estimate of drug-likeness (QED) is 0.706. The molecule has 0 aliphatic carbocycles. The van der Waals surface area contributed by atoms with Crippen molar-refractivity contribution in [1.82, 2.24) is 5.01 Å². The number of hydrogen-bond acceptors (Lipinski definition) is 4. The molecule has 0 radical (unpaired) electrons. The van der Waals surface area contributed by atoms with Gasteiger partial charge in [0.2, 0.25) is 0 Å². The number of hydrazone groups is 1. The Morgan fingerprint density at radius 1 is 1.21 bits per heavy atom. The monoisotopic (exact) mass is 340 g/mol. The molecule has 4 nitrogen and oxygen atoms in total. The lowest BCUT2D eigenvalue weighted by molar-refractivity contribution is 0.0681. The average Bonchev–Trinajstić information content (AvgIpc) is 3.34. The minimum absolute atomic E-state index is 0.178. The minimum Gasteiger partial charge on any atom is -0.459 e. The van der Waals surface area contributed by atoms with Crippen molar-refractivity contribution in [1.29, 1.82) is 0 Å². The predicted octanol–water partition coefficient (Wildman–Crippen LogP) is 4.47. The molecule has 4 rings (SSSR count). The Balaban J connectivity index is 1.71. The normalized spacial score (nSPS) is 17.1. The molecular weight excluding hydrogens is 327 g/mol. The number of carbonyl (C=O) groups excluding carboxylic acids is 1. The topological polar surface area (TPSA) is 45.8 Å². The summed E-state index contributed by atoms with van der Waals surface area (Å²) in [5, 5.41) is 7.94. The van der Waals surface area contributed by atoms with Gasteiger partial charge in [-0.3, -0.25) is 4.79 Å². The highest BCUT2D eigenvalue weighted by atomic mass is 32.1. The van der Waals surface area contributed by atoms with Crippen LogP contribution < -0.4 is 0 Å². The molecule has 3 heterocycles. The molecule has 3 aromatic rings. The molecule has 0 N–H and O–H groups in total. The molecule has 0 fully saturated rings. The van der Waals surface area contributed by atoms with Crippen molar-refractivity contribution in [2.24, 2.45) is 5.10 Å². The van der Waals surface area contributed by atoms with E-state index < -0.39 is 0 Å². The zero-order valence-corrected chi connectivity index (χ0v) is 13.4. The Bertz CT molecular complexity index is 870. The standard InChI is InChI=1S/C18H13FN2O2S/c19-13-7-5-12(6-8-13)14-11-15(17-4-2-10-24-17)21(20-14)18(22)16-3-1-9-23-16/h1-10,15H,11H2. The van der Waals surface area contributed by atoms with Crippen LogP contribution in [0.25, 0.3) is 0 Å². The summed E-state index contributed by atoms with van der Waals surface area (Å²) >= 11 is 1.58. The number of nitrogens with zero attached hydrogens (tertiary/aromatic N) is 2. The van der Waals surface area contributed by atoms with Crippen molar-refractivity contribution in [3.63, 3.8) is 0 Å². The van der Waals surface area contributed by atoms with E-state index in [1.807, 2.05) is 17.5 Å². The van der Waals surface area contributed by atoms with Gasteiger partial charge in [0.05, 0.1) is 18.0 Å². The van der Waals surface area contributed by atoms with Gasteiger partial charge in [-0.1, -0.05) is 18.2 Å². The maximum absolute atomic E-state index is 13.1. The first-order valence-electron chi connectivity index (χ1n) is 7.46. The Kier molecular flexibility index (Phi) is 3.74. The van der Waals surface area contributed by atoms with E-state index in [9.17, 15) is 9.18 Å². The van der Waals surface area contributed by atoms with Gasteiger partial charge in [0.1, 0.15) is 5.82 Å². The van der Waals surface area contributed by atoms with Gasteiger partial charge in [-0.25, -0.2) is 9.40 Å². The van der Waals surface area contributed by atoms with E-state index >= 15 is 0 Å². The molecule has 1 aliphatic heterocycles. The van der Waals surface area contributed by atoms with E-state index in [1.165, 1.54) is 23.4 Å². The third-order valence-electron chi connectivity index (χ3n) is 3.90. The van der Waals surface area contributed by atoms with Crippen LogP contribution in [0.3, 0.4) is 0 Å². The van der Waals surface area contributed by atoms with E-state index in [2.05, 4.69) is 5.10 Å². The number of halogens is 1. The third-order valence-corrected chi connectivity index (χ3v) is 4.87. The van der Waals surface area contributed by atoms with Crippen LogP contribution in [0.1, 0.15) is 33.5 Å². The second-order valence-corrected chi connectivity index (χ2v) is 6.40. The molecule has 0 bridgehead atoms. The van der Waals surface area contributed by atoms with Gasteiger partial charge in [-0.15, -0.1) is 11.3 Å². The maximum atomic E-state index is 13.1. The number of amides is 1. The molecule has 0 saturated heterocycles. The van der Waals surface area contributed by atoms with E-state index in [4.69, 9.17) is 4.42 Å². The molecule has 1 atom stereocenters. The molecule has 120 valence electrons. The largest absolute Gasteiger partial charge is 0.459 e. The van der Waals surface area contributed by atoms with Crippen LogP contribution in [-0.4, -0.2) is 16.6 Å². The molecular formula is C18H13FN2O2S. The van der Waals surface area contributed by atoms with Crippen molar-refractivity contribution in [2.75, 3.05) is 0 Å². The summed E-state index contributed by atoms with van der Waals surface area (Å²) in [6.07, 6.45) is 2.05. The fourth-order valence-corrected chi connectivity index (χ4v) is 3.54. The van der Waals surface area contributed by atoms with Gasteiger partial charge in [-0.05, 0) is 41.3 Å². The second kappa shape index (κ2) is 6.05. The summed E-state index contributed by atoms with van der Waals surface area (Å²) in [5.74, 6) is -0.327. The number of hydrogen-bond donors (Lipinski definition) is 0. The summed E-state index contributed by atoms with van der Waals surface area (Å²) in [5.41, 5.74) is 1.57. The SMILES string of the molecule is O=C(c1ccco1)N1N=C(c2ccc(F)cc2)CC1c1cccs1. The van der Waals surface area contributed by atoms with E-state index in [1.54, 1.807) is 35.6 Å². The molecule has 1 unspecified atom stereocenters. The van der Waals surface area contributed by atoms with Crippen LogP contribution in [0.5, 0.6) is 0 Å². The zero-order chi connectivity index (χ0) is 16.5. The van der Waals surface area contributed by atoms with Crippen LogP contribution in [0, 0.1) is 5.82 Å². The number of furan rings is 1. The first-order valence-corrected chi connectivity index (χ1v) is 8.34. The summed E-state index contributed by atoms with van der Waals surface area (Å²) < 4.78 is 18.4. The van der Waals surface area contributed by atoms with Crippen LogP contribution in [-0.2, 0) is 0 Å². The van der Waals surface area contributed by atoms with Crippen LogP contribution >= 0.6 is 11.3 Å². The maximum Gasteiger partial charge on any atom is 0.310 e. The summed E-state index contributed by atoms with van der Waals surface area (Å²) in [7, 11) is 0. The highest BCUT2D eigenvalue weighted by Gasteiger charge is 2.35. The van der Waals surface area contributed by atoms with Crippen LogP contribution in [0.4, 0.5) is 4.39 Å². The molecule has 6 heteroatoms. The fraction of sp³-hybridized carbons (Fsp3) is 0.111. The smallest absolute Gasteiger partial charge is 0.310 e. The van der Waals surface area contributed by atoms with Crippen LogP contribution in [0.15, 0.2) is 69.7 Å². The number of benzene rings is 1. The van der Waals surface area contributed by atoms with E-state index in [0.29, 0.717) is 6.42 Å². The van der Waals surface area contributed by atoms with Crippen molar-refractivity contribution in [2.45, 2.75) is 12.5 Å². The van der Waals surface area contributed by atoms with Gasteiger partial charge in [0, 0.05) is 11.3 Å². The summed E-state index contributed by atoms with van der Waals surface area (Å²) in [4.78, 5) is 13.8. The highest BCUT2D eigenvalue weighted by molar-refractivity contribution is 7.10.